The molecule has 0 fully saturated rings. The summed E-state index contributed by atoms with van der Waals surface area (Å²) in [5, 5.41) is 3.08. The summed E-state index contributed by atoms with van der Waals surface area (Å²) in [6.45, 7) is 6.19. The fraction of sp³-hybridized carbons (Fsp3) is 0.167. The van der Waals surface area contributed by atoms with E-state index in [0.717, 1.165) is 28.9 Å². The van der Waals surface area contributed by atoms with Crippen molar-refractivity contribution in [3.05, 3.63) is 89.1 Å². The summed E-state index contributed by atoms with van der Waals surface area (Å²) in [5.41, 5.74) is 6.71. The number of aromatic nitrogens is 2. The molecule has 0 aliphatic carbocycles. The predicted molar refractivity (Wildman–Crippen MR) is 114 cm³/mol. The van der Waals surface area contributed by atoms with Crippen LogP contribution in [0.15, 0.2) is 66.9 Å². The van der Waals surface area contributed by atoms with Crippen LogP contribution in [0.1, 0.15) is 34.0 Å². The molecule has 2 heterocycles. The van der Waals surface area contributed by atoms with Crippen LogP contribution in [0.4, 0.5) is 5.82 Å². The molecular weight excluding hydrogens is 346 g/mol. The molecule has 0 aliphatic rings. The van der Waals surface area contributed by atoms with Crippen LogP contribution < -0.4 is 5.32 Å². The molecule has 0 radical (unpaired) electrons. The molecule has 2 aromatic carbocycles. The summed E-state index contributed by atoms with van der Waals surface area (Å²) in [6, 6.07) is 19.9. The third-order valence-electron chi connectivity index (χ3n) is 4.96. The molecule has 4 rings (SSSR count). The van der Waals surface area contributed by atoms with Gasteiger partial charge in [0.15, 0.2) is 0 Å². The van der Waals surface area contributed by atoms with Gasteiger partial charge >= 0.3 is 0 Å². The molecule has 4 heteroatoms. The highest BCUT2D eigenvalue weighted by Crippen LogP contribution is 2.29. The lowest BCUT2D eigenvalue weighted by molar-refractivity contribution is 0.102. The lowest BCUT2D eigenvalue weighted by Crippen LogP contribution is -2.14. The lowest BCUT2D eigenvalue weighted by Gasteiger charge is -2.09. The van der Waals surface area contributed by atoms with Gasteiger partial charge in [-0.2, -0.15) is 0 Å². The second-order valence-corrected chi connectivity index (χ2v) is 7.11. The van der Waals surface area contributed by atoms with Gasteiger partial charge in [-0.05, 0) is 55.7 Å². The van der Waals surface area contributed by atoms with E-state index in [1.54, 1.807) is 0 Å². The molecule has 1 amide bonds. The van der Waals surface area contributed by atoms with E-state index < -0.39 is 0 Å². The summed E-state index contributed by atoms with van der Waals surface area (Å²) in [7, 11) is 0. The van der Waals surface area contributed by atoms with Gasteiger partial charge in [-0.1, -0.05) is 48.9 Å². The molecule has 1 N–H and O–H groups in total. The number of carbonyl (C=O) groups is 1. The number of anilines is 1. The minimum atomic E-state index is -0.140. The number of aryl methyl sites for hydroxylation is 3. The van der Waals surface area contributed by atoms with Crippen molar-refractivity contribution < 1.29 is 4.79 Å². The minimum Gasteiger partial charge on any atom is -0.306 e. The second-order valence-electron chi connectivity index (χ2n) is 7.11. The summed E-state index contributed by atoms with van der Waals surface area (Å²) < 4.78 is 1.93. The molecule has 2 aromatic heterocycles. The number of imidazole rings is 1. The normalized spacial score (nSPS) is 11.0. The standard InChI is InChI=1S/C24H23N3O/c1-4-18-7-11-20(12-8-18)24(28)26-23-22(19-9-5-16(2)6-10-19)25-21-15-17(3)13-14-27(21)23/h5-15H,4H2,1-3H3,(H,26,28). The van der Waals surface area contributed by atoms with Gasteiger partial charge in [-0.25, -0.2) is 4.98 Å². The van der Waals surface area contributed by atoms with E-state index in [0.29, 0.717) is 11.4 Å². The van der Waals surface area contributed by atoms with Crippen LogP contribution in [0.3, 0.4) is 0 Å². The SMILES string of the molecule is CCc1ccc(C(=O)Nc2c(-c3ccc(C)cc3)nc3cc(C)ccn23)cc1. The largest absolute Gasteiger partial charge is 0.306 e. The molecule has 28 heavy (non-hydrogen) atoms. The van der Waals surface area contributed by atoms with Crippen LogP contribution in [-0.2, 0) is 6.42 Å². The van der Waals surface area contributed by atoms with Gasteiger partial charge < -0.3 is 5.32 Å². The number of hydrogen-bond donors (Lipinski definition) is 1. The highest BCUT2D eigenvalue weighted by atomic mass is 16.1. The molecule has 0 unspecified atom stereocenters. The third-order valence-corrected chi connectivity index (χ3v) is 4.96. The van der Waals surface area contributed by atoms with Crippen molar-refractivity contribution in [3.8, 4) is 11.3 Å². The van der Waals surface area contributed by atoms with Crippen molar-refractivity contribution in [2.45, 2.75) is 27.2 Å². The molecule has 4 aromatic rings. The Bertz CT molecular complexity index is 1140. The molecule has 0 saturated carbocycles. The predicted octanol–water partition coefficient (Wildman–Crippen LogP) is 5.43. The number of pyridine rings is 1. The van der Waals surface area contributed by atoms with Gasteiger partial charge in [0.2, 0.25) is 0 Å². The topological polar surface area (TPSA) is 46.4 Å². The number of benzene rings is 2. The monoisotopic (exact) mass is 369 g/mol. The Morgan fingerprint density at radius 3 is 2.36 bits per heavy atom. The molecule has 0 aliphatic heterocycles. The first-order chi connectivity index (χ1) is 13.5. The zero-order valence-electron chi connectivity index (χ0n) is 16.4. The van der Waals surface area contributed by atoms with Gasteiger partial charge in [0.25, 0.3) is 5.91 Å². The van der Waals surface area contributed by atoms with Gasteiger partial charge in [0.05, 0.1) is 0 Å². The van der Waals surface area contributed by atoms with Crippen LogP contribution in [0.5, 0.6) is 0 Å². The van der Waals surface area contributed by atoms with Crippen molar-refractivity contribution in [2.24, 2.45) is 0 Å². The first kappa shape index (κ1) is 18.0. The van der Waals surface area contributed by atoms with E-state index in [9.17, 15) is 4.79 Å². The second kappa shape index (κ2) is 7.31. The Balaban J connectivity index is 1.78. The van der Waals surface area contributed by atoms with Gasteiger partial charge in [0, 0.05) is 17.3 Å². The quantitative estimate of drug-likeness (QED) is 0.521. The zero-order valence-corrected chi connectivity index (χ0v) is 16.4. The summed E-state index contributed by atoms with van der Waals surface area (Å²) in [5.74, 6) is 0.543. The molecule has 140 valence electrons. The van der Waals surface area contributed by atoms with Crippen molar-refractivity contribution in [1.29, 1.82) is 0 Å². The highest BCUT2D eigenvalue weighted by molar-refractivity contribution is 6.05. The van der Waals surface area contributed by atoms with Crippen molar-refractivity contribution in [3.63, 3.8) is 0 Å². The summed E-state index contributed by atoms with van der Waals surface area (Å²) >= 11 is 0. The van der Waals surface area contributed by atoms with Crippen LogP contribution in [0.2, 0.25) is 0 Å². The highest BCUT2D eigenvalue weighted by Gasteiger charge is 2.17. The molecule has 0 bridgehead atoms. The number of amides is 1. The Hall–Kier alpha value is -3.40. The Morgan fingerprint density at radius 2 is 1.68 bits per heavy atom. The van der Waals surface area contributed by atoms with Crippen molar-refractivity contribution >= 4 is 17.4 Å². The van der Waals surface area contributed by atoms with E-state index in [1.807, 2.05) is 66.1 Å². The number of hydrogen-bond acceptors (Lipinski definition) is 2. The van der Waals surface area contributed by atoms with Gasteiger partial charge in [-0.15, -0.1) is 0 Å². The fourth-order valence-electron chi connectivity index (χ4n) is 3.25. The Labute approximate surface area is 164 Å². The first-order valence-electron chi connectivity index (χ1n) is 9.51. The van der Waals surface area contributed by atoms with Crippen LogP contribution >= 0.6 is 0 Å². The number of nitrogens with one attached hydrogen (secondary N) is 1. The van der Waals surface area contributed by atoms with Crippen molar-refractivity contribution in [2.75, 3.05) is 5.32 Å². The van der Waals surface area contributed by atoms with Gasteiger partial charge in [0.1, 0.15) is 17.2 Å². The average Bonchev–Trinajstić information content (AvgIpc) is 3.06. The summed E-state index contributed by atoms with van der Waals surface area (Å²) in [4.78, 5) is 17.7. The van der Waals surface area contributed by atoms with Crippen molar-refractivity contribution in [1.82, 2.24) is 9.38 Å². The molecule has 0 atom stereocenters. The van der Waals surface area contributed by atoms with Crippen LogP contribution in [-0.4, -0.2) is 15.3 Å². The maximum absolute atomic E-state index is 12.9. The zero-order chi connectivity index (χ0) is 19.7. The smallest absolute Gasteiger partial charge is 0.256 e. The number of nitrogens with zero attached hydrogens (tertiary/aromatic N) is 2. The van der Waals surface area contributed by atoms with E-state index in [2.05, 4.69) is 31.3 Å². The van der Waals surface area contributed by atoms with E-state index in [1.165, 1.54) is 11.1 Å². The van der Waals surface area contributed by atoms with E-state index >= 15 is 0 Å². The van der Waals surface area contributed by atoms with E-state index in [-0.39, 0.29) is 5.91 Å². The fourth-order valence-corrected chi connectivity index (χ4v) is 3.25. The number of fused-ring (bicyclic) bond motifs is 1. The first-order valence-corrected chi connectivity index (χ1v) is 9.51. The molecule has 4 nitrogen and oxygen atoms in total. The van der Waals surface area contributed by atoms with E-state index in [4.69, 9.17) is 4.98 Å². The molecule has 0 saturated heterocycles. The minimum absolute atomic E-state index is 0.140. The lowest BCUT2D eigenvalue weighted by atomic mass is 10.1. The molecular formula is C24H23N3O. The third kappa shape index (κ3) is 3.41. The summed E-state index contributed by atoms with van der Waals surface area (Å²) in [6.07, 6.45) is 2.90. The number of carbonyl (C=O) groups excluding carboxylic acids is 1. The maximum Gasteiger partial charge on any atom is 0.256 e. The number of rotatable bonds is 4. The Morgan fingerprint density at radius 1 is 0.964 bits per heavy atom. The average molecular weight is 369 g/mol. The maximum atomic E-state index is 12.9. The van der Waals surface area contributed by atoms with Crippen LogP contribution in [0, 0.1) is 13.8 Å². The van der Waals surface area contributed by atoms with Gasteiger partial charge in [-0.3, -0.25) is 9.20 Å². The van der Waals surface area contributed by atoms with Crippen LogP contribution in [0.25, 0.3) is 16.9 Å². The Kier molecular flexibility index (Phi) is 4.70. The molecule has 0 spiro atoms.